The molecule has 0 amide bonds. The van der Waals surface area contributed by atoms with Gasteiger partial charge >= 0.3 is 0 Å². The van der Waals surface area contributed by atoms with Gasteiger partial charge in [-0.1, -0.05) is 11.8 Å². The van der Waals surface area contributed by atoms with Crippen LogP contribution in [0.25, 0.3) is 0 Å². The van der Waals surface area contributed by atoms with Gasteiger partial charge in [0.05, 0.1) is 18.4 Å². The molecule has 0 bridgehead atoms. The largest absolute Gasteiger partial charge is 0.383 e. The van der Waals surface area contributed by atoms with E-state index >= 15 is 0 Å². The van der Waals surface area contributed by atoms with E-state index in [0.717, 1.165) is 11.4 Å². The van der Waals surface area contributed by atoms with Crippen LogP contribution in [0.5, 0.6) is 0 Å². The fraction of sp³-hybridized carbons (Fsp3) is 0.438. The number of rotatable bonds is 7. The number of hydrogen-bond acceptors (Lipinski definition) is 7. The maximum absolute atomic E-state index is 12.6. The minimum Gasteiger partial charge on any atom is -0.383 e. The number of nitrogen functional groups attached to an aromatic ring is 2. The summed E-state index contributed by atoms with van der Waals surface area (Å²) >= 11 is 1.23. The van der Waals surface area contributed by atoms with Crippen LogP contribution in [0.4, 0.5) is 11.6 Å². The molecular weight excluding hydrogens is 326 g/mol. The van der Waals surface area contributed by atoms with E-state index in [0.29, 0.717) is 29.0 Å². The molecule has 130 valence electrons. The molecule has 24 heavy (non-hydrogen) atoms. The molecule has 0 aliphatic rings. The second kappa shape index (κ2) is 7.67. The first kappa shape index (κ1) is 18.3. The number of ether oxygens (including phenoxy) is 1. The number of aryl methyl sites for hydroxylation is 1. The minimum atomic E-state index is 0.0218. The van der Waals surface area contributed by atoms with Crippen LogP contribution in [0.3, 0.4) is 0 Å². The Morgan fingerprint density at radius 1 is 1.29 bits per heavy atom. The van der Waals surface area contributed by atoms with E-state index in [2.05, 4.69) is 21.5 Å². The van der Waals surface area contributed by atoms with Crippen molar-refractivity contribution >= 4 is 29.2 Å². The van der Waals surface area contributed by atoms with Gasteiger partial charge in [0.25, 0.3) is 0 Å². The van der Waals surface area contributed by atoms with Crippen molar-refractivity contribution in [2.45, 2.75) is 32.0 Å². The number of ketones is 1. The molecule has 0 saturated carbocycles. The zero-order valence-corrected chi connectivity index (χ0v) is 15.2. The number of thioether (sulfide) groups is 1. The van der Waals surface area contributed by atoms with Crippen molar-refractivity contribution in [3.05, 3.63) is 29.1 Å². The first-order valence-electron chi connectivity index (χ1n) is 7.56. The maximum Gasteiger partial charge on any atom is 0.191 e. The first-order chi connectivity index (χ1) is 11.3. The molecule has 4 N–H and O–H groups in total. The maximum atomic E-state index is 12.6. The van der Waals surface area contributed by atoms with E-state index in [1.165, 1.54) is 17.8 Å². The number of nitrogens with two attached hydrogens (primary N) is 2. The molecule has 7 nitrogen and oxygen atoms in total. The predicted molar refractivity (Wildman–Crippen MR) is 96.4 cm³/mol. The quantitative estimate of drug-likeness (QED) is 0.448. The molecule has 0 saturated heterocycles. The Morgan fingerprint density at radius 3 is 2.50 bits per heavy atom. The normalized spacial score (nSPS) is 12.3. The van der Waals surface area contributed by atoms with Gasteiger partial charge in [0.2, 0.25) is 0 Å². The summed E-state index contributed by atoms with van der Waals surface area (Å²) in [6, 6.07) is 3.57. The summed E-state index contributed by atoms with van der Waals surface area (Å²) in [7, 11) is 1.67. The van der Waals surface area contributed by atoms with Crippen LogP contribution in [0.2, 0.25) is 0 Å². The molecule has 0 radical (unpaired) electrons. The number of Topliss-reactive ketones (excluding diaryl/α,β-unsaturated/α-hetero) is 1. The van der Waals surface area contributed by atoms with E-state index in [4.69, 9.17) is 16.2 Å². The number of aromatic nitrogens is 3. The van der Waals surface area contributed by atoms with Crippen molar-refractivity contribution in [3.8, 4) is 0 Å². The van der Waals surface area contributed by atoms with Gasteiger partial charge in [-0.15, -0.1) is 0 Å². The second-order valence-corrected chi connectivity index (χ2v) is 6.61. The van der Waals surface area contributed by atoms with Crippen molar-refractivity contribution in [1.29, 1.82) is 0 Å². The number of nitrogens with zero attached hydrogens (tertiary/aromatic N) is 3. The molecule has 0 fully saturated rings. The Balaban J connectivity index is 2.14. The lowest BCUT2D eigenvalue weighted by Crippen LogP contribution is -2.14. The molecule has 2 aromatic rings. The zero-order valence-electron chi connectivity index (χ0n) is 14.4. The topological polar surface area (TPSA) is 109 Å². The third kappa shape index (κ3) is 4.07. The Bertz CT molecular complexity index is 724. The van der Waals surface area contributed by atoms with Crippen LogP contribution in [-0.2, 0) is 4.74 Å². The van der Waals surface area contributed by atoms with Gasteiger partial charge in [0.1, 0.15) is 11.6 Å². The third-order valence-electron chi connectivity index (χ3n) is 3.71. The zero-order chi connectivity index (χ0) is 17.9. The molecule has 1 atom stereocenters. The monoisotopic (exact) mass is 349 g/mol. The van der Waals surface area contributed by atoms with Gasteiger partial charge in [-0.25, -0.2) is 9.97 Å². The lowest BCUT2D eigenvalue weighted by atomic mass is 10.2. The molecule has 2 rings (SSSR count). The lowest BCUT2D eigenvalue weighted by Gasteiger charge is -2.17. The number of methoxy groups -OCH3 is 1. The summed E-state index contributed by atoms with van der Waals surface area (Å²) < 4.78 is 7.34. The summed E-state index contributed by atoms with van der Waals surface area (Å²) in [5, 5.41) is 0.405. The highest BCUT2D eigenvalue weighted by Gasteiger charge is 2.19. The summed E-state index contributed by atoms with van der Waals surface area (Å²) in [4.78, 5) is 20.7. The molecule has 2 aromatic heterocycles. The molecular formula is C16H23N5O2S. The highest BCUT2D eigenvalue weighted by Crippen LogP contribution is 2.24. The van der Waals surface area contributed by atoms with Gasteiger partial charge in [0, 0.05) is 30.1 Å². The highest BCUT2D eigenvalue weighted by atomic mass is 32.2. The molecule has 0 aliphatic carbocycles. The van der Waals surface area contributed by atoms with Gasteiger partial charge in [-0.3, -0.25) is 4.79 Å². The third-order valence-corrected chi connectivity index (χ3v) is 4.56. The van der Waals surface area contributed by atoms with Crippen LogP contribution < -0.4 is 11.5 Å². The molecule has 2 heterocycles. The molecule has 0 aromatic carbocycles. The Kier molecular flexibility index (Phi) is 5.84. The average molecular weight is 349 g/mol. The van der Waals surface area contributed by atoms with E-state index < -0.39 is 0 Å². The van der Waals surface area contributed by atoms with Crippen LogP contribution in [0.1, 0.15) is 34.7 Å². The second-order valence-electron chi connectivity index (χ2n) is 5.67. The average Bonchev–Trinajstić information content (AvgIpc) is 2.79. The van der Waals surface area contributed by atoms with Crippen molar-refractivity contribution in [2.75, 3.05) is 30.9 Å². The Morgan fingerprint density at radius 2 is 1.92 bits per heavy atom. The van der Waals surface area contributed by atoms with E-state index in [1.54, 1.807) is 7.11 Å². The SMILES string of the molecule is COCC(C)n1c(C)cc(C(=O)CSc2nc(N)cc(N)n2)c1C. The van der Waals surface area contributed by atoms with E-state index in [-0.39, 0.29) is 17.6 Å². The molecule has 0 spiro atoms. The first-order valence-corrected chi connectivity index (χ1v) is 8.55. The summed E-state index contributed by atoms with van der Waals surface area (Å²) in [5.74, 6) is 0.841. The molecule has 8 heteroatoms. The predicted octanol–water partition coefficient (Wildman–Crippen LogP) is 2.24. The van der Waals surface area contributed by atoms with E-state index in [9.17, 15) is 4.79 Å². The van der Waals surface area contributed by atoms with Gasteiger partial charge in [-0.05, 0) is 26.8 Å². The molecule has 1 unspecified atom stereocenters. The number of hydrogen-bond donors (Lipinski definition) is 2. The fourth-order valence-corrected chi connectivity index (χ4v) is 3.54. The van der Waals surface area contributed by atoms with Crippen LogP contribution >= 0.6 is 11.8 Å². The molecule has 0 aliphatic heterocycles. The van der Waals surface area contributed by atoms with Gasteiger partial charge < -0.3 is 20.8 Å². The number of carbonyl (C=O) groups is 1. The summed E-state index contributed by atoms with van der Waals surface area (Å²) in [6.45, 7) is 6.60. The van der Waals surface area contributed by atoms with Gasteiger partial charge in [-0.2, -0.15) is 0 Å². The van der Waals surface area contributed by atoms with Crippen molar-refractivity contribution in [2.24, 2.45) is 0 Å². The van der Waals surface area contributed by atoms with Crippen LogP contribution in [0.15, 0.2) is 17.3 Å². The Hall–Kier alpha value is -2.06. The smallest absolute Gasteiger partial charge is 0.191 e. The fourth-order valence-electron chi connectivity index (χ4n) is 2.79. The van der Waals surface area contributed by atoms with Gasteiger partial charge in [0.15, 0.2) is 10.9 Å². The number of anilines is 2. The van der Waals surface area contributed by atoms with Crippen molar-refractivity contribution < 1.29 is 9.53 Å². The lowest BCUT2D eigenvalue weighted by molar-refractivity contribution is 0.102. The van der Waals surface area contributed by atoms with Crippen LogP contribution in [-0.4, -0.2) is 39.8 Å². The van der Waals surface area contributed by atoms with Crippen molar-refractivity contribution in [1.82, 2.24) is 14.5 Å². The highest BCUT2D eigenvalue weighted by molar-refractivity contribution is 7.99. The Labute approximate surface area is 145 Å². The van der Waals surface area contributed by atoms with E-state index in [1.807, 2.05) is 19.9 Å². The number of carbonyl (C=O) groups excluding carboxylic acids is 1. The van der Waals surface area contributed by atoms with Crippen molar-refractivity contribution in [3.63, 3.8) is 0 Å². The standard InChI is InChI=1S/C16H23N5O2S/c1-9-5-12(11(3)21(9)10(2)7-23-4)13(22)8-24-16-19-14(17)6-15(18)20-16/h5-6,10H,7-8H2,1-4H3,(H4,17,18,19,20). The summed E-state index contributed by atoms with van der Waals surface area (Å²) in [6.07, 6.45) is 0. The minimum absolute atomic E-state index is 0.0218. The summed E-state index contributed by atoms with van der Waals surface area (Å²) in [5.41, 5.74) is 14.0. The van der Waals surface area contributed by atoms with Crippen LogP contribution in [0, 0.1) is 13.8 Å².